The summed E-state index contributed by atoms with van der Waals surface area (Å²) < 4.78 is 15.6. The first-order valence-electron chi connectivity index (χ1n) is 20.7. The number of benzene rings is 2. The summed E-state index contributed by atoms with van der Waals surface area (Å²) in [5.41, 5.74) is 6.30. The van der Waals surface area contributed by atoms with E-state index in [1.807, 2.05) is 75.5 Å². The van der Waals surface area contributed by atoms with Crippen molar-refractivity contribution in [2.45, 2.75) is 111 Å². The van der Waals surface area contributed by atoms with Gasteiger partial charge in [-0.25, -0.2) is 19.6 Å². The topological polar surface area (TPSA) is 132 Å². The van der Waals surface area contributed by atoms with Gasteiger partial charge < -0.3 is 14.6 Å². The third-order valence-electron chi connectivity index (χ3n) is 12.8. The molecule has 5 aliphatic rings. The van der Waals surface area contributed by atoms with Crippen LogP contribution in [0, 0.1) is 23.2 Å². The Bertz CT molecular complexity index is 2380. The second-order valence-corrected chi connectivity index (χ2v) is 20.4. The zero-order valence-electron chi connectivity index (χ0n) is 34.5. The summed E-state index contributed by atoms with van der Waals surface area (Å²) in [6.07, 6.45) is 10.0. The van der Waals surface area contributed by atoms with E-state index in [9.17, 15) is 14.7 Å². The van der Waals surface area contributed by atoms with E-state index >= 15 is 0 Å². The number of carbonyl (C=O) groups is 2. The molecule has 2 amide bonds. The normalized spacial score (nSPS) is 26.2. The SMILES string of the molecule is Cc1c(-c2ccc(-c3ccc4c(c3)N(C(=O)Nc3nc5ccccc5s3)CCC4)nc2C(=O)OC(C)(C)C)cnn1CC12CC3(C)CC(C)(C1)CC(OCCO)(C3)C2. The fourth-order valence-corrected chi connectivity index (χ4v) is 12.8. The van der Waals surface area contributed by atoms with Gasteiger partial charge in [0.1, 0.15) is 5.60 Å². The number of aromatic nitrogens is 4. The number of esters is 1. The lowest BCUT2D eigenvalue weighted by molar-refractivity contribution is -0.250. The van der Waals surface area contributed by atoms with Crippen molar-refractivity contribution in [3.05, 3.63) is 77.7 Å². The number of urea groups is 1. The first-order chi connectivity index (χ1) is 27.6. The van der Waals surface area contributed by atoms with E-state index in [0.29, 0.717) is 29.5 Å². The molecule has 2 N–H and O–H groups in total. The number of aliphatic hydroxyl groups is 1. The number of hydrogen-bond acceptors (Lipinski definition) is 9. The molecule has 4 aliphatic carbocycles. The van der Waals surface area contributed by atoms with Crippen LogP contribution < -0.4 is 10.2 Å². The fourth-order valence-electron chi connectivity index (χ4n) is 11.9. The number of aliphatic hydroxyl groups excluding tert-OH is 1. The molecule has 4 saturated carbocycles. The first kappa shape index (κ1) is 38.8. The average molecular weight is 803 g/mol. The Hall–Kier alpha value is -4.65. The number of aryl methyl sites for hydroxylation is 1. The number of fused-ring (bicyclic) bond motifs is 2. The number of anilines is 2. The van der Waals surface area contributed by atoms with E-state index in [4.69, 9.17) is 19.6 Å². The largest absolute Gasteiger partial charge is 0.455 e. The molecule has 0 radical (unpaired) electrons. The molecule has 2 unspecified atom stereocenters. The predicted molar refractivity (Wildman–Crippen MR) is 227 cm³/mol. The second kappa shape index (κ2) is 14.0. The highest BCUT2D eigenvalue weighted by molar-refractivity contribution is 7.22. The van der Waals surface area contributed by atoms with Gasteiger partial charge in [-0.3, -0.25) is 14.9 Å². The van der Waals surface area contributed by atoms with Crippen molar-refractivity contribution in [2.24, 2.45) is 16.2 Å². The Morgan fingerprint density at radius 2 is 1.72 bits per heavy atom. The average Bonchev–Trinajstić information content (AvgIpc) is 3.72. The van der Waals surface area contributed by atoms with Gasteiger partial charge in [-0.05, 0) is 131 Å². The summed E-state index contributed by atoms with van der Waals surface area (Å²) in [5, 5.41) is 18.3. The number of nitrogens with one attached hydrogen (secondary N) is 1. The highest BCUT2D eigenvalue weighted by Gasteiger charge is 2.66. The number of para-hydroxylation sites is 1. The lowest BCUT2D eigenvalue weighted by atomic mass is 9.39. The molecule has 1 aliphatic heterocycles. The molecule has 304 valence electrons. The third-order valence-corrected chi connectivity index (χ3v) is 13.7. The number of nitrogens with zero attached hydrogens (tertiary/aromatic N) is 5. The zero-order valence-corrected chi connectivity index (χ0v) is 35.3. The van der Waals surface area contributed by atoms with Crippen molar-refractivity contribution in [1.29, 1.82) is 0 Å². The van der Waals surface area contributed by atoms with Gasteiger partial charge in [0, 0.05) is 41.2 Å². The monoisotopic (exact) mass is 802 g/mol. The number of rotatable bonds is 9. The number of pyridine rings is 1. The quantitative estimate of drug-likeness (QED) is 0.141. The molecule has 4 heterocycles. The lowest BCUT2D eigenvalue weighted by Crippen LogP contribution is -2.64. The molecular formula is C46H54N6O5S. The van der Waals surface area contributed by atoms with Crippen molar-refractivity contribution in [3.8, 4) is 22.4 Å². The van der Waals surface area contributed by atoms with Crippen molar-refractivity contribution < 1.29 is 24.2 Å². The minimum Gasteiger partial charge on any atom is -0.455 e. The molecule has 3 aromatic heterocycles. The van der Waals surface area contributed by atoms with Crippen LogP contribution in [0.5, 0.6) is 0 Å². The minimum atomic E-state index is -0.729. The molecule has 2 aromatic carbocycles. The van der Waals surface area contributed by atoms with Crippen molar-refractivity contribution in [1.82, 2.24) is 19.7 Å². The van der Waals surface area contributed by atoms with E-state index in [1.54, 1.807) is 4.90 Å². The summed E-state index contributed by atoms with van der Waals surface area (Å²) in [6.45, 7) is 14.2. The first-order valence-corrected chi connectivity index (χ1v) is 21.5. The highest BCUT2D eigenvalue weighted by Crippen LogP contribution is 2.72. The van der Waals surface area contributed by atoms with Gasteiger partial charge in [-0.2, -0.15) is 5.10 Å². The van der Waals surface area contributed by atoms with Crippen LogP contribution in [0.2, 0.25) is 0 Å². The Kier molecular flexibility index (Phi) is 9.37. The summed E-state index contributed by atoms with van der Waals surface area (Å²) in [5.74, 6) is -0.504. The summed E-state index contributed by atoms with van der Waals surface area (Å²) in [6, 6.07) is 17.6. The number of amides is 2. The van der Waals surface area contributed by atoms with Gasteiger partial charge in [0.15, 0.2) is 10.8 Å². The van der Waals surface area contributed by atoms with Crippen LogP contribution >= 0.6 is 11.3 Å². The smallest absolute Gasteiger partial charge is 0.358 e. The van der Waals surface area contributed by atoms with Crippen LogP contribution in [0.25, 0.3) is 32.6 Å². The summed E-state index contributed by atoms with van der Waals surface area (Å²) in [7, 11) is 0. The molecule has 10 rings (SSSR count). The molecule has 0 saturated heterocycles. The van der Waals surface area contributed by atoms with E-state index in [-0.39, 0.29) is 40.2 Å². The summed E-state index contributed by atoms with van der Waals surface area (Å²) >= 11 is 1.45. The van der Waals surface area contributed by atoms with Gasteiger partial charge in [-0.15, -0.1) is 0 Å². The van der Waals surface area contributed by atoms with Crippen LogP contribution in [-0.2, 0) is 22.4 Å². The molecule has 4 bridgehead atoms. The van der Waals surface area contributed by atoms with Crippen LogP contribution in [0.3, 0.4) is 0 Å². The van der Waals surface area contributed by atoms with E-state index < -0.39 is 11.6 Å². The Labute approximate surface area is 344 Å². The maximum Gasteiger partial charge on any atom is 0.358 e. The fraction of sp³-hybridized carbons (Fsp3) is 0.500. The number of carbonyl (C=O) groups excluding carboxylic acids is 2. The van der Waals surface area contributed by atoms with E-state index in [1.165, 1.54) is 17.8 Å². The molecule has 5 aromatic rings. The van der Waals surface area contributed by atoms with Gasteiger partial charge in [0.25, 0.3) is 0 Å². The minimum absolute atomic E-state index is 0.0173. The number of hydrogen-bond donors (Lipinski definition) is 2. The standard InChI is InChI=1S/C46H54N6O5S/c1-29-33(21-47-52(29)28-45-23-43(5)22-44(6,24-45)26-46(25-43,27-45)56-19-18-53)32-15-16-34(48-38(32)39(54)57-42(2,3)4)31-14-13-30-10-9-17-51(36(30)20-31)41(55)50-40-49-35-11-7-8-12-37(35)58-40/h7-8,11-16,20-21,53H,9-10,17-19,22-28H2,1-6H3,(H,49,50,55). The second-order valence-electron chi connectivity index (χ2n) is 19.3. The van der Waals surface area contributed by atoms with Crippen molar-refractivity contribution >= 4 is 44.4 Å². The zero-order chi connectivity index (χ0) is 40.7. The van der Waals surface area contributed by atoms with Gasteiger partial charge >= 0.3 is 12.0 Å². The third kappa shape index (κ3) is 7.21. The van der Waals surface area contributed by atoms with E-state index in [0.717, 1.165) is 89.8 Å². The van der Waals surface area contributed by atoms with Crippen LogP contribution in [0.4, 0.5) is 15.6 Å². The van der Waals surface area contributed by atoms with Crippen molar-refractivity contribution in [3.63, 3.8) is 0 Å². The molecular weight excluding hydrogens is 749 g/mol. The van der Waals surface area contributed by atoms with Crippen LogP contribution in [0.1, 0.15) is 101 Å². The molecule has 2 atom stereocenters. The molecule has 11 nitrogen and oxygen atoms in total. The molecule has 4 fully saturated rings. The maximum atomic E-state index is 14.1. The number of ether oxygens (including phenoxy) is 2. The van der Waals surface area contributed by atoms with Gasteiger partial charge in [0.05, 0.1) is 40.9 Å². The molecule has 58 heavy (non-hydrogen) atoms. The number of thiazole rings is 1. The van der Waals surface area contributed by atoms with E-state index in [2.05, 4.69) is 41.8 Å². The maximum absolute atomic E-state index is 14.1. The lowest BCUT2D eigenvalue weighted by Gasteiger charge is -2.69. The van der Waals surface area contributed by atoms with Crippen LogP contribution in [-0.4, -0.2) is 67.8 Å². The van der Waals surface area contributed by atoms with Crippen LogP contribution in [0.15, 0.2) is 60.8 Å². The Morgan fingerprint density at radius 3 is 2.47 bits per heavy atom. The molecule has 12 heteroatoms. The Balaban J connectivity index is 1.03. The Morgan fingerprint density at radius 1 is 0.948 bits per heavy atom. The van der Waals surface area contributed by atoms with Gasteiger partial charge in [0.2, 0.25) is 0 Å². The molecule has 0 spiro atoms. The summed E-state index contributed by atoms with van der Waals surface area (Å²) in [4.78, 5) is 39.2. The van der Waals surface area contributed by atoms with Gasteiger partial charge in [-0.1, -0.05) is 49.4 Å². The highest BCUT2D eigenvalue weighted by atomic mass is 32.1. The van der Waals surface area contributed by atoms with Crippen molar-refractivity contribution in [2.75, 3.05) is 30.0 Å². The predicted octanol–water partition coefficient (Wildman–Crippen LogP) is 9.60.